The van der Waals surface area contributed by atoms with Crippen molar-refractivity contribution in [2.75, 3.05) is 0 Å². The first kappa shape index (κ1) is 12.5. The Labute approximate surface area is 102 Å². The first-order valence-electron chi connectivity index (χ1n) is 7.63. The van der Waals surface area contributed by atoms with Crippen LogP contribution in [0.3, 0.4) is 0 Å². The zero-order chi connectivity index (χ0) is 11.7. The summed E-state index contributed by atoms with van der Waals surface area (Å²) in [5.74, 6) is 6.15. The molecule has 5 unspecified atom stereocenters. The Bertz CT molecular complexity index is 218. The topological polar surface area (TPSA) is 0 Å². The fraction of sp³-hybridized carbons (Fsp3) is 1.00. The highest BCUT2D eigenvalue weighted by Crippen LogP contribution is 2.51. The van der Waals surface area contributed by atoms with Gasteiger partial charge in [0.15, 0.2) is 0 Å². The minimum atomic E-state index is 0.910. The molecule has 0 radical (unpaired) electrons. The van der Waals surface area contributed by atoms with Crippen LogP contribution in [0.15, 0.2) is 0 Å². The van der Waals surface area contributed by atoms with Gasteiger partial charge in [-0.15, -0.1) is 0 Å². The molecule has 94 valence electrons. The first-order valence-corrected chi connectivity index (χ1v) is 7.63. The summed E-state index contributed by atoms with van der Waals surface area (Å²) in [6.45, 7) is 9.76. The molecule has 2 fully saturated rings. The monoisotopic (exact) mass is 222 g/mol. The summed E-state index contributed by atoms with van der Waals surface area (Å²) in [6.07, 6.45) is 9.08. The maximum atomic E-state index is 2.50. The third-order valence-corrected chi connectivity index (χ3v) is 5.77. The predicted octanol–water partition coefficient (Wildman–Crippen LogP) is 5.13. The van der Waals surface area contributed by atoms with Crippen molar-refractivity contribution in [2.45, 2.75) is 66.2 Å². The smallest absolute Gasteiger partial charge is 0.0355 e. The van der Waals surface area contributed by atoms with Crippen LogP contribution in [0.5, 0.6) is 0 Å². The van der Waals surface area contributed by atoms with E-state index in [0.29, 0.717) is 0 Å². The summed E-state index contributed by atoms with van der Waals surface area (Å²) in [7, 11) is 0. The van der Waals surface area contributed by atoms with Gasteiger partial charge in [0.25, 0.3) is 0 Å². The van der Waals surface area contributed by atoms with Crippen molar-refractivity contribution in [3.8, 4) is 0 Å². The van der Waals surface area contributed by atoms with Gasteiger partial charge in [0.05, 0.1) is 0 Å². The molecule has 2 aliphatic carbocycles. The SMILES string of the molecule is CCC(C)C1CC(C(C)C)CC2CCCC21. The fourth-order valence-corrected chi connectivity index (χ4v) is 4.43. The highest BCUT2D eigenvalue weighted by Gasteiger charge is 2.42. The maximum absolute atomic E-state index is 2.50. The normalized spacial score (nSPS) is 41.1. The van der Waals surface area contributed by atoms with Gasteiger partial charge in [-0.2, -0.15) is 0 Å². The van der Waals surface area contributed by atoms with Crippen molar-refractivity contribution in [3.63, 3.8) is 0 Å². The van der Waals surface area contributed by atoms with E-state index in [0.717, 1.165) is 35.5 Å². The number of hydrogen-bond acceptors (Lipinski definition) is 0. The highest BCUT2D eigenvalue weighted by molar-refractivity contribution is 4.92. The second kappa shape index (κ2) is 5.10. The van der Waals surface area contributed by atoms with Gasteiger partial charge in [0.1, 0.15) is 0 Å². The van der Waals surface area contributed by atoms with Crippen molar-refractivity contribution in [1.29, 1.82) is 0 Å². The maximum Gasteiger partial charge on any atom is -0.0355 e. The van der Waals surface area contributed by atoms with E-state index in [4.69, 9.17) is 0 Å². The van der Waals surface area contributed by atoms with Crippen LogP contribution < -0.4 is 0 Å². The lowest BCUT2D eigenvalue weighted by Crippen LogP contribution is -2.35. The molecule has 16 heavy (non-hydrogen) atoms. The van der Waals surface area contributed by atoms with Crippen molar-refractivity contribution in [3.05, 3.63) is 0 Å². The Morgan fingerprint density at radius 2 is 1.81 bits per heavy atom. The second-order valence-electron chi connectivity index (χ2n) is 6.88. The van der Waals surface area contributed by atoms with Gasteiger partial charge in [-0.05, 0) is 54.8 Å². The van der Waals surface area contributed by atoms with E-state index in [1.165, 1.54) is 19.3 Å². The summed E-state index contributed by atoms with van der Waals surface area (Å²) in [6, 6.07) is 0. The fourth-order valence-electron chi connectivity index (χ4n) is 4.43. The Morgan fingerprint density at radius 1 is 1.06 bits per heavy atom. The van der Waals surface area contributed by atoms with Gasteiger partial charge in [-0.1, -0.05) is 47.0 Å². The van der Waals surface area contributed by atoms with Gasteiger partial charge in [-0.3, -0.25) is 0 Å². The lowest BCUT2D eigenvalue weighted by atomic mass is 9.62. The molecule has 5 atom stereocenters. The van der Waals surface area contributed by atoms with E-state index in [-0.39, 0.29) is 0 Å². The molecule has 0 heteroatoms. The van der Waals surface area contributed by atoms with E-state index in [2.05, 4.69) is 27.7 Å². The molecule has 2 aliphatic rings. The number of fused-ring (bicyclic) bond motifs is 1. The standard InChI is InChI=1S/C16H30/c1-5-12(4)16-10-14(11(2)3)9-13-7-6-8-15(13)16/h11-16H,5-10H2,1-4H3. The molecule has 0 nitrogen and oxygen atoms in total. The van der Waals surface area contributed by atoms with Gasteiger partial charge in [-0.25, -0.2) is 0 Å². The molecule has 0 bridgehead atoms. The summed E-state index contributed by atoms with van der Waals surface area (Å²) in [5, 5.41) is 0. The Balaban J connectivity index is 2.08. The molecule has 0 aromatic heterocycles. The van der Waals surface area contributed by atoms with Crippen LogP contribution in [0.4, 0.5) is 0 Å². The minimum Gasteiger partial charge on any atom is -0.0651 e. The molecule has 0 N–H and O–H groups in total. The van der Waals surface area contributed by atoms with Crippen LogP contribution in [0.1, 0.15) is 66.2 Å². The van der Waals surface area contributed by atoms with E-state index in [9.17, 15) is 0 Å². The lowest BCUT2D eigenvalue weighted by Gasteiger charge is -2.43. The summed E-state index contributed by atoms with van der Waals surface area (Å²) in [4.78, 5) is 0. The lowest BCUT2D eigenvalue weighted by molar-refractivity contribution is 0.0672. The first-order chi connectivity index (χ1) is 7.63. The minimum absolute atomic E-state index is 0.910. The van der Waals surface area contributed by atoms with E-state index in [1.807, 2.05) is 0 Å². The van der Waals surface area contributed by atoms with Crippen molar-refractivity contribution >= 4 is 0 Å². The Hall–Kier alpha value is 0. The van der Waals surface area contributed by atoms with E-state index in [1.54, 1.807) is 19.3 Å². The number of hydrogen-bond donors (Lipinski definition) is 0. The Kier molecular flexibility index (Phi) is 3.97. The molecule has 2 saturated carbocycles. The van der Waals surface area contributed by atoms with Crippen LogP contribution in [-0.2, 0) is 0 Å². The van der Waals surface area contributed by atoms with E-state index < -0.39 is 0 Å². The van der Waals surface area contributed by atoms with Gasteiger partial charge >= 0.3 is 0 Å². The van der Waals surface area contributed by atoms with Crippen molar-refractivity contribution < 1.29 is 0 Å². The molecule has 0 aromatic carbocycles. The molecular weight excluding hydrogens is 192 g/mol. The third kappa shape index (κ3) is 2.31. The van der Waals surface area contributed by atoms with Crippen molar-refractivity contribution in [1.82, 2.24) is 0 Å². The van der Waals surface area contributed by atoms with Gasteiger partial charge in [0.2, 0.25) is 0 Å². The quantitative estimate of drug-likeness (QED) is 0.621. The molecular formula is C16H30. The number of rotatable bonds is 3. The van der Waals surface area contributed by atoms with Crippen LogP contribution in [-0.4, -0.2) is 0 Å². The van der Waals surface area contributed by atoms with Crippen LogP contribution in [0.25, 0.3) is 0 Å². The molecule has 2 rings (SSSR count). The molecule has 0 saturated heterocycles. The molecule has 0 heterocycles. The Morgan fingerprint density at radius 3 is 2.44 bits per heavy atom. The highest BCUT2D eigenvalue weighted by atomic mass is 14.5. The predicted molar refractivity (Wildman–Crippen MR) is 71.3 cm³/mol. The van der Waals surface area contributed by atoms with Gasteiger partial charge < -0.3 is 0 Å². The van der Waals surface area contributed by atoms with Gasteiger partial charge in [0, 0.05) is 0 Å². The van der Waals surface area contributed by atoms with Crippen molar-refractivity contribution in [2.24, 2.45) is 35.5 Å². The van der Waals surface area contributed by atoms with E-state index >= 15 is 0 Å². The molecule has 0 spiro atoms. The average molecular weight is 222 g/mol. The summed E-state index contributed by atoms with van der Waals surface area (Å²) < 4.78 is 0. The largest absolute Gasteiger partial charge is 0.0651 e. The van der Waals surface area contributed by atoms with Crippen LogP contribution in [0.2, 0.25) is 0 Å². The average Bonchev–Trinajstić information content (AvgIpc) is 2.74. The summed E-state index contributed by atoms with van der Waals surface area (Å²) in [5.41, 5.74) is 0. The van der Waals surface area contributed by atoms with Crippen LogP contribution >= 0.6 is 0 Å². The zero-order valence-corrected chi connectivity index (χ0v) is 11.7. The molecule has 0 aromatic rings. The summed E-state index contributed by atoms with van der Waals surface area (Å²) >= 11 is 0. The second-order valence-corrected chi connectivity index (χ2v) is 6.88. The molecule has 0 aliphatic heterocycles. The van der Waals surface area contributed by atoms with Crippen LogP contribution in [0, 0.1) is 35.5 Å². The third-order valence-electron chi connectivity index (χ3n) is 5.77. The molecule has 0 amide bonds. The zero-order valence-electron chi connectivity index (χ0n) is 11.7.